The molecule has 7 heteroatoms. The molecule has 1 aliphatic heterocycles. The smallest absolute Gasteiger partial charge is 0.227 e. The number of nitrogens with zero attached hydrogens (tertiary/aromatic N) is 3. The number of likely N-dealkylation sites (tertiary alicyclic amines) is 1. The Morgan fingerprint density at radius 1 is 1.27 bits per heavy atom. The van der Waals surface area contributed by atoms with Crippen molar-refractivity contribution in [2.24, 2.45) is 0 Å². The molecule has 2 aromatic rings. The van der Waals surface area contributed by atoms with Gasteiger partial charge in [-0.3, -0.25) is 19.6 Å². The molecule has 2 amide bonds. The molecule has 1 unspecified atom stereocenters. The summed E-state index contributed by atoms with van der Waals surface area (Å²) in [6.45, 7) is 2.43. The van der Waals surface area contributed by atoms with Gasteiger partial charge in [0.1, 0.15) is 5.82 Å². The maximum atomic E-state index is 13.0. The molecule has 1 aromatic carbocycles. The second kappa shape index (κ2) is 8.03. The molecule has 0 saturated carbocycles. The predicted octanol–water partition coefficient (Wildman–Crippen LogP) is 2.16. The summed E-state index contributed by atoms with van der Waals surface area (Å²) in [7, 11) is 0. The molecular weight excluding hydrogens is 335 g/mol. The summed E-state index contributed by atoms with van der Waals surface area (Å²) in [5, 5.41) is 2.70. The number of hydrogen-bond donors (Lipinski definition) is 1. The van der Waals surface area contributed by atoms with Crippen LogP contribution in [0.4, 0.5) is 4.39 Å². The first-order valence-electron chi connectivity index (χ1n) is 8.62. The topological polar surface area (TPSA) is 75.2 Å². The maximum absolute atomic E-state index is 13.0. The first-order chi connectivity index (χ1) is 12.5. The molecule has 0 bridgehead atoms. The van der Waals surface area contributed by atoms with E-state index >= 15 is 0 Å². The molecule has 0 radical (unpaired) electrons. The van der Waals surface area contributed by atoms with E-state index in [9.17, 15) is 14.0 Å². The Labute approximate surface area is 151 Å². The lowest BCUT2D eigenvalue weighted by Gasteiger charge is -2.24. The third kappa shape index (κ3) is 4.41. The molecule has 2 heterocycles. The van der Waals surface area contributed by atoms with E-state index in [1.165, 1.54) is 19.1 Å². The van der Waals surface area contributed by atoms with E-state index < -0.39 is 0 Å². The Hall–Kier alpha value is -2.83. The SMILES string of the molecule is CC(=O)NCc1cncc(C2CCCN2C(=O)Cc2ccc(F)cc2)n1. The first-order valence-corrected chi connectivity index (χ1v) is 8.62. The standard InChI is InChI=1S/C19H21FN4O2/c1-13(25)22-11-16-10-21-12-17(23-16)18-3-2-8-24(18)19(26)9-14-4-6-15(20)7-5-14/h4-7,10,12,18H,2-3,8-9,11H2,1H3,(H,22,25). The highest BCUT2D eigenvalue weighted by Gasteiger charge is 2.31. The van der Waals surface area contributed by atoms with E-state index in [1.54, 1.807) is 24.5 Å². The molecule has 26 heavy (non-hydrogen) atoms. The fourth-order valence-electron chi connectivity index (χ4n) is 3.14. The first kappa shape index (κ1) is 18.0. The van der Waals surface area contributed by atoms with Gasteiger partial charge in [0.15, 0.2) is 0 Å². The van der Waals surface area contributed by atoms with Gasteiger partial charge in [-0.2, -0.15) is 0 Å². The van der Waals surface area contributed by atoms with Crippen LogP contribution in [0, 0.1) is 5.82 Å². The van der Waals surface area contributed by atoms with Gasteiger partial charge in [-0.1, -0.05) is 12.1 Å². The zero-order valence-electron chi connectivity index (χ0n) is 14.6. The van der Waals surface area contributed by atoms with Gasteiger partial charge in [-0.25, -0.2) is 4.39 Å². The summed E-state index contributed by atoms with van der Waals surface area (Å²) in [6, 6.07) is 5.87. The summed E-state index contributed by atoms with van der Waals surface area (Å²) in [5.41, 5.74) is 2.18. The molecule has 3 rings (SSSR count). The van der Waals surface area contributed by atoms with Crippen molar-refractivity contribution in [1.82, 2.24) is 20.2 Å². The van der Waals surface area contributed by atoms with E-state index in [4.69, 9.17) is 0 Å². The van der Waals surface area contributed by atoms with E-state index in [0.29, 0.717) is 18.8 Å². The third-order valence-electron chi connectivity index (χ3n) is 4.40. The highest BCUT2D eigenvalue weighted by molar-refractivity contribution is 5.79. The summed E-state index contributed by atoms with van der Waals surface area (Å²) >= 11 is 0. The molecule has 1 aromatic heterocycles. The predicted molar refractivity (Wildman–Crippen MR) is 93.3 cm³/mol. The van der Waals surface area contributed by atoms with E-state index in [-0.39, 0.29) is 30.1 Å². The molecule has 136 valence electrons. The second-order valence-electron chi connectivity index (χ2n) is 6.39. The van der Waals surface area contributed by atoms with Crippen LogP contribution >= 0.6 is 0 Å². The van der Waals surface area contributed by atoms with Crippen molar-refractivity contribution in [2.45, 2.75) is 38.8 Å². The van der Waals surface area contributed by atoms with Crippen LogP contribution < -0.4 is 5.32 Å². The van der Waals surface area contributed by atoms with Gasteiger partial charge >= 0.3 is 0 Å². The maximum Gasteiger partial charge on any atom is 0.227 e. The molecule has 0 aliphatic carbocycles. The molecule has 1 saturated heterocycles. The minimum absolute atomic E-state index is 0.00632. The molecule has 1 fully saturated rings. The van der Waals surface area contributed by atoms with Crippen LogP contribution in [0.2, 0.25) is 0 Å². The van der Waals surface area contributed by atoms with E-state index in [0.717, 1.165) is 24.1 Å². The fourth-order valence-corrected chi connectivity index (χ4v) is 3.14. The Kier molecular flexibility index (Phi) is 5.55. The highest BCUT2D eigenvalue weighted by atomic mass is 19.1. The minimum atomic E-state index is -0.313. The average Bonchev–Trinajstić information content (AvgIpc) is 3.12. The average molecular weight is 356 g/mol. The van der Waals surface area contributed by atoms with Crippen LogP contribution in [0.1, 0.15) is 42.8 Å². The molecular formula is C19H21FN4O2. The number of amides is 2. The lowest BCUT2D eigenvalue weighted by Crippen LogP contribution is -2.32. The third-order valence-corrected chi connectivity index (χ3v) is 4.40. The van der Waals surface area contributed by atoms with Gasteiger partial charge in [0.25, 0.3) is 0 Å². The van der Waals surface area contributed by atoms with E-state index in [1.807, 2.05) is 4.90 Å². The Morgan fingerprint density at radius 2 is 2.04 bits per heavy atom. The normalized spacial score (nSPS) is 16.5. The van der Waals surface area contributed by atoms with Crippen molar-refractivity contribution in [3.63, 3.8) is 0 Å². The van der Waals surface area contributed by atoms with Crippen LogP contribution in [0.3, 0.4) is 0 Å². The lowest BCUT2D eigenvalue weighted by atomic mass is 10.1. The fraction of sp³-hybridized carbons (Fsp3) is 0.368. The highest BCUT2D eigenvalue weighted by Crippen LogP contribution is 2.31. The van der Waals surface area contributed by atoms with Crippen molar-refractivity contribution < 1.29 is 14.0 Å². The number of rotatable bonds is 5. The summed E-state index contributed by atoms with van der Waals surface area (Å²) in [5.74, 6) is -0.450. The van der Waals surface area contributed by atoms with Crippen molar-refractivity contribution >= 4 is 11.8 Å². The molecule has 1 atom stereocenters. The van der Waals surface area contributed by atoms with Crippen molar-refractivity contribution in [2.75, 3.05) is 6.54 Å². The van der Waals surface area contributed by atoms with Gasteiger partial charge in [0.2, 0.25) is 11.8 Å². The molecule has 0 spiro atoms. The van der Waals surface area contributed by atoms with Gasteiger partial charge in [-0.05, 0) is 30.5 Å². The van der Waals surface area contributed by atoms with Crippen LogP contribution in [-0.4, -0.2) is 33.2 Å². The minimum Gasteiger partial charge on any atom is -0.351 e. The number of nitrogens with one attached hydrogen (secondary N) is 1. The Bertz CT molecular complexity index is 794. The Balaban J connectivity index is 1.71. The molecule has 6 nitrogen and oxygen atoms in total. The van der Waals surface area contributed by atoms with Crippen molar-refractivity contribution in [3.8, 4) is 0 Å². The number of carbonyl (C=O) groups excluding carboxylic acids is 2. The molecule has 1 N–H and O–H groups in total. The van der Waals surface area contributed by atoms with Gasteiger partial charge < -0.3 is 10.2 Å². The summed E-state index contributed by atoms with van der Waals surface area (Å²) < 4.78 is 13.0. The summed E-state index contributed by atoms with van der Waals surface area (Å²) in [4.78, 5) is 34.3. The quantitative estimate of drug-likeness (QED) is 0.891. The van der Waals surface area contributed by atoms with Crippen LogP contribution in [0.25, 0.3) is 0 Å². The largest absolute Gasteiger partial charge is 0.351 e. The zero-order valence-corrected chi connectivity index (χ0v) is 14.6. The van der Waals surface area contributed by atoms with Crippen LogP contribution in [0.15, 0.2) is 36.7 Å². The second-order valence-corrected chi connectivity index (χ2v) is 6.39. The van der Waals surface area contributed by atoms with Gasteiger partial charge in [0.05, 0.1) is 42.8 Å². The lowest BCUT2D eigenvalue weighted by molar-refractivity contribution is -0.131. The number of benzene rings is 1. The number of hydrogen-bond acceptors (Lipinski definition) is 4. The Morgan fingerprint density at radius 3 is 2.77 bits per heavy atom. The van der Waals surface area contributed by atoms with Crippen molar-refractivity contribution in [3.05, 3.63) is 59.4 Å². The number of carbonyl (C=O) groups is 2. The van der Waals surface area contributed by atoms with Crippen LogP contribution in [-0.2, 0) is 22.6 Å². The number of halogens is 1. The zero-order chi connectivity index (χ0) is 18.5. The van der Waals surface area contributed by atoms with Crippen molar-refractivity contribution in [1.29, 1.82) is 0 Å². The van der Waals surface area contributed by atoms with Gasteiger partial charge in [0, 0.05) is 13.5 Å². The summed E-state index contributed by atoms with van der Waals surface area (Å²) in [6.07, 6.45) is 5.24. The van der Waals surface area contributed by atoms with Crippen LogP contribution in [0.5, 0.6) is 0 Å². The number of aromatic nitrogens is 2. The molecule has 1 aliphatic rings. The van der Waals surface area contributed by atoms with Gasteiger partial charge in [-0.15, -0.1) is 0 Å². The van der Waals surface area contributed by atoms with E-state index in [2.05, 4.69) is 15.3 Å². The monoisotopic (exact) mass is 356 g/mol.